The number of unbranched alkanes of at least 4 members (excludes halogenated alkanes) is 1. The summed E-state index contributed by atoms with van der Waals surface area (Å²) >= 11 is 0. The lowest BCUT2D eigenvalue weighted by atomic mass is 10.2. The molecule has 0 unspecified atom stereocenters. The number of rotatable bonds is 6. The van der Waals surface area contributed by atoms with Crippen molar-refractivity contribution in [2.75, 3.05) is 13.2 Å². The van der Waals surface area contributed by atoms with Crippen molar-refractivity contribution in [1.82, 2.24) is 0 Å². The Morgan fingerprint density at radius 1 is 0.909 bits per heavy atom. The fraction of sp³-hybridized carbons (Fsp3) is 0.316. The molecule has 0 spiro atoms. The number of benzene rings is 2. The van der Waals surface area contributed by atoms with Crippen molar-refractivity contribution < 1.29 is 14.3 Å². The van der Waals surface area contributed by atoms with Gasteiger partial charge in [0.1, 0.15) is 5.75 Å². The van der Waals surface area contributed by atoms with Crippen LogP contribution in [0.2, 0.25) is 0 Å². The van der Waals surface area contributed by atoms with Crippen LogP contribution in [0.3, 0.4) is 0 Å². The maximum atomic E-state index is 11.4. The first-order valence-electron chi connectivity index (χ1n) is 7.68. The van der Waals surface area contributed by atoms with Crippen molar-refractivity contribution in [3.05, 3.63) is 66.2 Å². The molecular formula is C19H24O3. The molecule has 0 amide bonds. The van der Waals surface area contributed by atoms with Gasteiger partial charge in [-0.05, 0) is 37.6 Å². The van der Waals surface area contributed by atoms with Crippen LogP contribution >= 0.6 is 0 Å². The van der Waals surface area contributed by atoms with E-state index in [4.69, 9.17) is 9.47 Å². The number of esters is 1. The predicted molar refractivity (Wildman–Crippen MR) is 89.2 cm³/mol. The summed E-state index contributed by atoms with van der Waals surface area (Å²) in [5, 5.41) is 0. The topological polar surface area (TPSA) is 35.5 Å². The monoisotopic (exact) mass is 300 g/mol. The molecular weight excluding hydrogens is 276 g/mol. The van der Waals surface area contributed by atoms with Gasteiger partial charge in [-0.1, -0.05) is 49.7 Å². The van der Waals surface area contributed by atoms with E-state index >= 15 is 0 Å². The highest BCUT2D eigenvalue weighted by Gasteiger charge is 2.05. The maximum Gasteiger partial charge on any atom is 0.338 e. The van der Waals surface area contributed by atoms with Crippen LogP contribution in [0.1, 0.15) is 37.0 Å². The van der Waals surface area contributed by atoms with Gasteiger partial charge >= 0.3 is 5.97 Å². The molecule has 3 heteroatoms. The molecule has 22 heavy (non-hydrogen) atoms. The first kappa shape index (κ1) is 17.8. The molecule has 0 saturated carbocycles. The number of carbonyl (C=O) groups excluding carboxylic acids is 1. The maximum absolute atomic E-state index is 11.4. The van der Waals surface area contributed by atoms with Crippen LogP contribution in [-0.4, -0.2) is 19.2 Å². The summed E-state index contributed by atoms with van der Waals surface area (Å²) < 4.78 is 10.4. The van der Waals surface area contributed by atoms with Gasteiger partial charge in [-0.15, -0.1) is 0 Å². The Balaban J connectivity index is 0.000000335. The summed E-state index contributed by atoms with van der Waals surface area (Å²) in [6.07, 6.45) is 2.15. The summed E-state index contributed by atoms with van der Waals surface area (Å²) in [5.74, 6) is 0.504. The second kappa shape index (κ2) is 11.4. The SMILES string of the molecule is CCCCOc1ccc(C(=O)OCC)cc1.c1ccccc1. The zero-order valence-electron chi connectivity index (χ0n) is 13.3. The second-order valence-corrected chi connectivity index (χ2v) is 4.60. The Labute approximate surface area is 132 Å². The quantitative estimate of drug-likeness (QED) is 0.571. The third-order valence-electron chi connectivity index (χ3n) is 2.80. The van der Waals surface area contributed by atoms with Crippen molar-refractivity contribution >= 4 is 5.97 Å². The van der Waals surface area contributed by atoms with E-state index in [-0.39, 0.29) is 5.97 Å². The first-order chi connectivity index (χ1) is 10.8. The predicted octanol–water partition coefficient (Wildman–Crippen LogP) is 4.73. The smallest absolute Gasteiger partial charge is 0.338 e. The van der Waals surface area contributed by atoms with E-state index in [0.29, 0.717) is 12.2 Å². The van der Waals surface area contributed by atoms with Crippen molar-refractivity contribution in [1.29, 1.82) is 0 Å². The third kappa shape index (κ3) is 7.48. The van der Waals surface area contributed by atoms with Gasteiger partial charge in [0.15, 0.2) is 0 Å². The van der Waals surface area contributed by atoms with Crippen molar-refractivity contribution in [2.45, 2.75) is 26.7 Å². The average molecular weight is 300 g/mol. The fourth-order valence-electron chi connectivity index (χ4n) is 1.62. The van der Waals surface area contributed by atoms with E-state index in [1.54, 1.807) is 31.2 Å². The lowest BCUT2D eigenvalue weighted by molar-refractivity contribution is 0.0526. The molecule has 0 aliphatic carbocycles. The lowest BCUT2D eigenvalue weighted by Gasteiger charge is -2.06. The highest BCUT2D eigenvalue weighted by Crippen LogP contribution is 2.13. The van der Waals surface area contributed by atoms with Gasteiger partial charge in [0, 0.05) is 0 Å². The second-order valence-electron chi connectivity index (χ2n) is 4.60. The first-order valence-corrected chi connectivity index (χ1v) is 7.68. The van der Waals surface area contributed by atoms with Crippen LogP contribution in [0.4, 0.5) is 0 Å². The normalized spacial score (nSPS) is 9.36. The molecule has 2 aromatic rings. The molecule has 0 aliphatic heterocycles. The molecule has 2 rings (SSSR count). The third-order valence-corrected chi connectivity index (χ3v) is 2.80. The van der Waals surface area contributed by atoms with Gasteiger partial charge in [-0.3, -0.25) is 0 Å². The Bertz CT molecular complexity index is 479. The molecule has 0 N–H and O–H groups in total. The number of ether oxygens (including phenoxy) is 2. The fourth-order valence-corrected chi connectivity index (χ4v) is 1.62. The molecule has 0 aliphatic rings. The Hall–Kier alpha value is -2.29. The van der Waals surface area contributed by atoms with Crippen molar-refractivity contribution in [3.63, 3.8) is 0 Å². The summed E-state index contributed by atoms with van der Waals surface area (Å²) in [5.41, 5.74) is 0.560. The van der Waals surface area contributed by atoms with E-state index in [0.717, 1.165) is 25.2 Å². The van der Waals surface area contributed by atoms with E-state index in [9.17, 15) is 4.79 Å². The number of hydrogen-bond donors (Lipinski definition) is 0. The van der Waals surface area contributed by atoms with Crippen LogP contribution < -0.4 is 4.74 Å². The molecule has 3 nitrogen and oxygen atoms in total. The van der Waals surface area contributed by atoms with Gasteiger partial charge in [-0.2, -0.15) is 0 Å². The molecule has 0 bridgehead atoms. The molecule has 0 aromatic heterocycles. The van der Waals surface area contributed by atoms with Crippen molar-refractivity contribution in [3.8, 4) is 5.75 Å². The highest BCUT2D eigenvalue weighted by atomic mass is 16.5. The Morgan fingerprint density at radius 2 is 1.45 bits per heavy atom. The zero-order valence-corrected chi connectivity index (χ0v) is 13.3. The highest BCUT2D eigenvalue weighted by molar-refractivity contribution is 5.89. The Morgan fingerprint density at radius 3 is 1.91 bits per heavy atom. The van der Waals surface area contributed by atoms with E-state index in [1.165, 1.54) is 0 Å². The van der Waals surface area contributed by atoms with Crippen LogP contribution in [0.15, 0.2) is 60.7 Å². The lowest BCUT2D eigenvalue weighted by Crippen LogP contribution is -2.04. The van der Waals surface area contributed by atoms with Gasteiger partial charge in [0.25, 0.3) is 0 Å². The van der Waals surface area contributed by atoms with Crippen LogP contribution in [0.5, 0.6) is 5.75 Å². The minimum absolute atomic E-state index is 0.289. The molecule has 0 radical (unpaired) electrons. The van der Waals surface area contributed by atoms with Crippen LogP contribution in [-0.2, 0) is 4.74 Å². The summed E-state index contributed by atoms with van der Waals surface area (Å²) in [6.45, 7) is 5.02. The molecule has 118 valence electrons. The summed E-state index contributed by atoms with van der Waals surface area (Å²) in [6, 6.07) is 19.0. The molecule has 0 heterocycles. The standard InChI is InChI=1S/C13H18O3.C6H6/c1-3-5-10-16-12-8-6-11(7-9-12)13(14)15-4-2;1-2-4-6-5-3-1/h6-9H,3-5,10H2,1-2H3;1-6H. The van der Waals surface area contributed by atoms with E-state index in [2.05, 4.69) is 6.92 Å². The minimum atomic E-state index is -0.289. The van der Waals surface area contributed by atoms with Gasteiger partial charge in [0.05, 0.1) is 18.8 Å². The largest absolute Gasteiger partial charge is 0.494 e. The van der Waals surface area contributed by atoms with E-state index in [1.807, 2.05) is 36.4 Å². The summed E-state index contributed by atoms with van der Waals surface area (Å²) in [7, 11) is 0. The molecule has 0 saturated heterocycles. The minimum Gasteiger partial charge on any atom is -0.494 e. The van der Waals surface area contributed by atoms with E-state index < -0.39 is 0 Å². The van der Waals surface area contributed by atoms with Crippen molar-refractivity contribution in [2.24, 2.45) is 0 Å². The molecule has 0 atom stereocenters. The summed E-state index contributed by atoms with van der Waals surface area (Å²) in [4.78, 5) is 11.4. The van der Waals surface area contributed by atoms with Gasteiger partial charge in [0.2, 0.25) is 0 Å². The zero-order chi connectivity index (χ0) is 16.0. The van der Waals surface area contributed by atoms with Gasteiger partial charge in [-0.25, -0.2) is 4.79 Å². The number of hydrogen-bond acceptors (Lipinski definition) is 3. The Kier molecular flexibility index (Phi) is 9.19. The molecule has 2 aromatic carbocycles. The molecule has 0 fully saturated rings. The van der Waals surface area contributed by atoms with Crippen LogP contribution in [0, 0.1) is 0 Å². The van der Waals surface area contributed by atoms with Crippen LogP contribution in [0.25, 0.3) is 0 Å². The average Bonchev–Trinajstić information content (AvgIpc) is 2.58. The van der Waals surface area contributed by atoms with Gasteiger partial charge < -0.3 is 9.47 Å². The number of carbonyl (C=O) groups is 1.